The molecule has 0 saturated carbocycles. The SMILES string of the molecule is COCc1ccc(-c2noc(C(C)C)c2C(=O)O)cc1. The molecule has 1 aromatic carbocycles. The molecule has 106 valence electrons. The molecule has 5 nitrogen and oxygen atoms in total. The van der Waals surface area contributed by atoms with Crippen LogP contribution >= 0.6 is 0 Å². The number of nitrogens with zero attached hydrogens (tertiary/aromatic N) is 1. The Morgan fingerprint density at radius 3 is 2.50 bits per heavy atom. The summed E-state index contributed by atoms with van der Waals surface area (Å²) in [6.45, 7) is 4.26. The van der Waals surface area contributed by atoms with Gasteiger partial charge in [0.25, 0.3) is 0 Å². The van der Waals surface area contributed by atoms with Gasteiger partial charge >= 0.3 is 5.97 Å². The normalized spacial score (nSPS) is 11.0. The highest BCUT2D eigenvalue weighted by Gasteiger charge is 2.25. The molecule has 0 aliphatic carbocycles. The van der Waals surface area contributed by atoms with Gasteiger partial charge in [0.15, 0.2) is 5.76 Å². The Morgan fingerprint density at radius 2 is 2.00 bits per heavy atom. The Kier molecular flexibility index (Phi) is 4.20. The molecule has 0 aliphatic rings. The van der Waals surface area contributed by atoms with E-state index < -0.39 is 5.97 Å². The predicted octanol–water partition coefficient (Wildman–Crippen LogP) is 3.31. The number of carboxylic acids is 1. The van der Waals surface area contributed by atoms with Gasteiger partial charge in [-0.2, -0.15) is 0 Å². The number of hydrogen-bond acceptors (Lipinski definition) is 4. The van der Waals surface area contributed by atoms with E-state index in [1.807, 2.05) is 38.1 Å². The predicted molar refractivity (Wildman–Crippen MR) is 73.7 cm³/mol. The van der Waals surface area contributed by atoms with Crippen LogP contribution in [0.3, 0.4) is 0 Å². The molecule has 0 unspecified atom stereocenters. The summed E-state index contributed by atoms with van der Waals surface area (Å²) in [6, 6.07) is 7.41. The van der Waals surface area contributed by atoms with Gasteiger partial charge in [-0.3, -0.25) is 0 Å². The van der Waals surface area contributed by atoms with Crippen molar-refractivity contribution in [2.24, 2.45) is 0 Å². The maximum absolute atomic E-state index is 11.4. The van der Waals surface area contributed by atoms with Gasteiger partial charge in [-0.25, -0.2) is 4.79 Å². The third-order valence-electron chi connectivity index (χ3n) is 3.00. The third kappa shape index (κ3) is 2.72. The molecular weight excluding hydrogens is 258 g/mol. The van der Waals surface area contributed by atoms with E-state index in [4.69, 9.17) is 9.26 Å². The monoisotopic (exact) mass is 275 g/mol. The zero-order valence-corrected chi connectivity index (χ0v) is 11.7. The van der Waals surface area contributed by atoms with Crippen LogP contribution in [0.1, 0.15) is 41.4 Å². The summed E-state index contributed by atoms with van der Waals surface area (Å²) in [4.78, 5) is 11.4. The van der Waals surface area contributed by atoms with Crippen molar-refractivity contribution in [2.75, 3.05) is 7.11 Å². The lowest BCUT2D eigenvalue weighted by atomic mass is 10.0. The minimum Gasteiger partial charge on any atom is -0.477 e. The summed E-state index contributed by atoms with van der Waals surface area (Å²) in [6.07, 6.45) is 0. The van der Waals surface area contributed by atoms with Crippen LogP contribution < -0.4 is 0 Å². The van der Waals surface area contributed by atoms with E-state index in [9.17, 15) is 9.90 Å². The molecule has 1 heterocycles. The van der Waals surface area contributed by atoms with Crippen molar-refractivity contribution in [3.63, 3.8) is 0 Å². The van der Waals surface area contributed by atoms with E-state index in [1.54, 1.807) is 7.11 Å². The van der Waals surface area contributed by atoms with Gasteiger partial charge in [0.2, 0.25) is 0 Å². The molecular formula is C15H17NO4. The number of hydrogen-bond donors (Lipinski definition) is 1. The van der Waals surface area contributed by atoms with Crippen LogP contribution in [0.2, 0.25) is 0 Å². The molecule has 1 N–H and O–H groups in total. The van der Waals surface area contributed by atoms with Crippen molar-refractivity contribution in [3.8, 4) is 11.3 Å². The fourth-order valence-electron chi connectivity index (χ4n) is 2.03. The quantitative estimate of drug-likeness (QED) is 0.906. The highest BCUT2D eigenvalue weighted by Crippen LogP contribution is 2.30. The van der Waals surface area contributed by atoms with Crippen LogP contribution in [0.15, 0.2) is 28.8 Å². The van der Waals surface area contributed by atoms with Crippen molar-refractivity contribution in [1.29, 1.82) is 0 Å². The number of aromatic nitrogens is 1. The smallest absolute Gasteiger partial charge is 0.341 e. The largest absolute Gasteiger partial charge is 0.477 e. The number of methoxy groups -OCH3 is 1. The lowest BCUT2D eigenvalue weighted by molar-refractivity contribution is 0.0694. The van der Waals surface area contributed by atoms with Gasteiger partial charge in [0.1, 0.15) is 11.3 Å². The van der Waals surface area contributed by atoms with Crippen LogP contribution in [-0.2, 0) is 11.3 Å². The fraction of sp³-hybridized carbons (Fsp3) is 0.333. The van der Waals surface area contributed by atoms with Gasteiger partial charge in [-0.05, 0) is 5.56 Å². The molecule has 2 rings (SSSR count). The van der Waals surface area contributed by atoms with E-state index in [0.29, 0.717) is 18.1 Å². The third-order valence-corrected chi connectivity index (χ3v) is 3.00. The van der Waals surface area contributed by atoms with Crippen molar-refractivity contribution in [3.05, 3.63) is 41.2 Å². The Morgan fingerprint density at radius 1 is 1.35 bits per heavy atom. The van der Waals surface area contributed by atoms with Crippen LogP contribution in [-0.4, -0.2) is 23.3 Å². The van der Waals surface area contributed by atoms with Crippen LogP contribution in [0.25, 0.3) is 11.3 Å². The van der Waals surface area contributed by atoms with E-state index in [-0.39, 0.29) is 11.5 Å². The number of ether oxygens (including phenoxy) is 1. The summed E-state index contributed by atoms with van der Waals surface area (Å²) in [5, 5.41) is 13.3. The molecule has 1 aromatic heterocycles. The molecule has 5 heteroatoms. The molecule has 0 spiro atoms. The molecule has 0 bridgehead atoms. The summed E-state index contributed by atoms with van der Waals surface area (Å²) in [5.74, 6) is -0.658. The molecule has 0 aliphatic heterocycles. The standard InChI is InChI=1S/C15H17NO4/c1-9(2)14-12(15(17)18)13(16-20-14)11-6-4-10(5-7-11)8-19-3/h4-7,9H,8H2,1-3H3,(H,17,18). The maximum Gasteiger partial charge on any atom is 0.341 e. The van der Waals surface area contributed by atoms with Crippen molar-refractivity contribution in [2.45, 2.75) is 26.4 Å². The minimum atomic E-state index is -1.02. The lowest BCUT2D eigenvalue weighted by Crippen LogP contribution is -2.02. The van der Waals surface area contributed by atoms with Crippen LogP contribution in [0.5, 0.6) is 0 Å². The number of aromatic carboxylic acids is 1. The van der Waals surface area contributed by atoms with E-state index in [2.05, 4.69) is 5.16 Å². The summed E-state index contributed by atoms with van der Waals surface area (Å²) >= 11 is 0. The molecule has 0 radical (unpaired) electrons. The number of benzene rings is 1. The first-order valence-corrected chi connectivity index (χ1v) is 6.35. The van der Waals surface area contributed by atoms with Crippen LogP contribution in [0, 0.1) is 0 Å². The first kappa shape index (κ1) is 14.3. The van der Waals surface area contributed by atoms with Gasteiger partial charge < -0.3 is 14.4 Å². The fourth-order valence-corrected chi connectivity index (χ4v) is 2.03. The van der Waals surface area contributed by atoms with Crippen LogP contribution in [0.4, 0.5) is 0 Å². The lowest BCUT2D eigenvalue weighted by Gasteiger charge is -2.03. The molecule has 0 atom stereocenters. The summed E-state index contributed by atoms with van der Waals surface area (Å²) < 4.78 is 10.2. The van der Waals surface area contributed by atoms with Gasteiger partial charge in [-0.15, -0.1) is 0 Å². The van der Waals surface area contributed by atoms with Gasteiger partial charge in [-0.1, -0.05) is 43.3 Å². The highest BCUT2D eigenvalue weighted by atomic mass is 16.5. The zero-order chi connectivity index (χ0) is 14.7. The first-order chi connectivity index (χ1) is 9.54. The summed E-state index contributed by atoms with van der Waals surface area (Å²) in [7, 11) is 1.63. The molecule has 20 heavy (non-hydrogen) atoms. The number of carboxylic acid groups (broad SMARTS) is 1. The Bertz CT molecular complexity index is 599. The Balaban J connectivity index is 2.44. The topological polar surface area (TPSA) is 72.6 Å². The average molecular weight is 275 g/mol. The molecule has 2 aromatic rings. The van der Waals surface area contributed by atoms with Crippen molar-refractivity contribution < 1.29 is 19.2 Å². The van der Waals surface area contributed by atoms with E-state index >= 15 is 0 Å². The minimum absolute atomic E-state index is 0.0323. The second-order valence-corrected chi connectivity index (χ2v) is 4.86. The Labute approximate surface area is 117 Å². The zero-order valence-electron chi connectivity index (χ0n) is 11.7. The molecule has 0 amide bonds. The van der Waals surface area contributed by atoms with Crippen molar-refractivity contribution in [1.82, 2.24) is 5.16 Å². The second kappa shape index (κ2) is 5.88. The highest BCUT2D eigenvalue weighted by molar-refractivity contribution is 5.95. The maximum atomic E-state index is 11.4. The average Bonchev–Trinajstić information content (AvgIpc) is 2.85. The van der Waals surface area contributed by atoms with E-state index in [1.165, 1.54) is 0 Å². The van der Waals surface area contributed by atoms with Gasteiger partial charge in [0, 0.05) is 18.6 Å². The Hall–Kier alpha value is -2.14. The first-order valence-electron chi connectivity index (χ1n) is 6.35. The summed E-state index contributed by atoms with van der Waals surface area (Å²) in [5.41, 5.74) is 2.24. The molecule has 0 saturated heterocycles. The van der Waals surface area contributed by atoms with Crippen molar-refractivity contribution >= 4 is 5.97 Å². The number of rotatable bonds is 5. The molecule has 0 fully saturated rings. The number of carbonyl (C=O) groups is 1. The van der Waals surface area contributed by atoms with Gasteiger partial charge in [0.05, 0.1) is 6.61 Å². The van der Waals surface area contributed by atoms with E-state index in [0.717, 1.165) is 11.1 Å². The second-order valence-electron chi connectivity index (χ2n) is 4.86.